The molecule has 0 unspecified atom stereocenters. The summed E-state index contributed by atoms with van der Waals surface area (Å²) in [5, 5.41) is 9.90. The van der Waals surface area contributed by atoms with Crippen LogP contribution >= 0.6 is 0 Å². The maximum absolute atomic E-state index is 13.1. The van der Waals surface area contributed by atoms with Crippen LogP contribution in [0, 0.1) is 0 Å². The lowest BCUT2D eigenvalue weighted by Gasteiger charge is -2.07. The van der Waals surface area contributed by atoms with Crippen molar-refractivity contribution < 1.29 is 8.78 Å². The Hall–Kier alpha value is -2.75. The topological polar surface area (TPSA) is 28.7 Å². The molecule has 3 aromatic carbocycles. The van der Waals surface area contributed by atoms with Gasteiger partial charge in [-0.05, 0) is 22.4 Å². The quantitative estimate of drug-likeness (QED) is 0.550. The monoisotopic (exact) mass is 308 g/mol. The van der Waals surface area contributed by atoms with E-state index in [1.807, 2.05) is 42.5 Å². The Bertz CT molecular complexity index is 989. The fourth-order valence-electron chi connectivity index (χ4n) is 3.01. The molecule has 0 radical (unpaired) electrons. The molecule has 0 bridgehead atoms. The fraction of sp³-hybridized carbons (Fsp3) is 0.105. The first-order valence-corrected chi connectivity index (χ1v) is 7.44. The van der Waals surface area contributed by atoms with Crippen LogP contribution in [0.2, 0.25) is 0 Å². The van der Waals surface area contributed by atoms with E-state index in [-0.39, 0.29) is 5.56 Å². The van der Waals surface area contributed by atoms with E-state index in [0.29, 0.717) is 11.8 Å². The molecule has 4 aromatic rings. The Morgan fingerprint density at radius 2 is 1.78 bits per heavy atom. The molecule has 2 nitrogen and oxygen atoms in total. The zero-order chi connectivity index (χ0) is 15.8. The summed E-state index contributed by atoms with van der Waals surface area (Å²) >= 11 is 0. The first-order chi connectivity index (χ1) is 11.2. The smallest absolute Gasteiger partial charge is 0.264 e. The molecule has 1 N–H and O–H groups in total. The molecule has 4 rings (SSSR count). The van der Waals surface area contributed by atoms with Crippen LogP contribution in [-0.4, -0.2) is 10.2 Å². The van der Waals surface area contributed by atoms with Crippen molar-refractivity contribution in [3.63, 3.8) is 0 Å². The van der Waals surface area contributed by atoms with Gasteiger partial charge in [0.2, 0.25) is 0 Å². The van der Waals surface area contributed by atoms with Gasteiger partial charge < -0.3 is 0 Å². The maximum atomic E-state index is 13.1. The molecule has 1 aromatic heterocycles. The number of nitrogens with one attached hydrogen (secondary N) is 1. The minimum absolute atomic E-state index is 0.0843. The predicted molar refractivity (Wildman–Crippen MR) is 87.8 cm³/mol. The van der Waals surface area contributed by atoms with E-state index in [0.717, 1.165) is 27.5 Å². The Morgan fingerprint density at radius 3 is 2.65 bits per heavy atom. The van der Waals surface area contributed by atoms with Gasteiger partial charge >= 0.3 is 0 Å². The first-order valence-electron chi connectivity index (χ1n) is 7.44. The highest BCUT2D eigenvalue weighted by Gasteiger charge is 2.12. The van der Waals surface area contributed by atoms with Gasteiger partial charge in [-0.25, -0.2) is 8.78 Å². The summed E-state index contributed by atoms with van der Waals surface area (Å²) in [4.78, 5) is 0. The number of halogens is 2. The van der Waals surface area contributed by atoms with E-state index in [1.165, 1.54) is 6.07 Å². The maximum Gasteiger partial charge on any atom is 0.264 e. The van der Waals surface area contributed by atoms with E-state index in [4.69, 9.17) is 0 Å². The molecule has 0 fully saturated rings. The molecule has 1 heterocycles. The summed E-state index contributed by atoms with van der Waals surface area (Å²) in [5.41, 5.74) is 3.12. The normalized spacial score (nSPS) is 11.6. The molecule has 0 spiro atoms. The van der Waals surface area contributed by atoms with Crippen molar-refractivity contribution in [1.29, 1.82) is 0 Å². The van der Waals surface area contributed by atoms with E-state index in [9.17, 15) is 8.78 Å². The summed E-state index contributed by atoms with van der Waals surface area (Å²) in [5.74, 6) is 0. The van der Waals surface area contributed by atoms with Crippen LogP contribution in [0.25, 0.3) is 21.7 Å². The lowest BCUT2D eigenvalue weighted by atomic mass is 9.99. The van der Waals surface area contributed by atoms with Crippen molar-refractivity contribution in [3.8, 4) is 0 Å². The molecule has 0 atom stereocenters. The number of H-pyrrole nitrogens is 1. The standard InChI is InChI=1S/C19H14F2N2/c20-19(21)15-6-3-4-13-10-12(8-9-14(13)15)11-18-16-5-1-2-7-17(16)22-23-18/h1-10,19H,11H2,(H,22,23). The van der Waals surface area contributed by atoms with Gasteiger partial charge in [-0.15, -0.1) is 0 Å². The van der Waals surface area contributed by atoms with Crippen molar-refractivity contribution in [3.05, 3.63) is 77.5 Å². The molecule has 0 aliphatic rings. The van der Waals surface area contributed by atoms with Gasteiger partial charge in [-0.3, -0.25) is 5.10 Å². The highest BCUT2D eigenvalue weighted by Crippen LogP contribution is 2.29. The average Bonchev–Trinajstić information content (AvgIpc) is 2.97. The van der Waals surface area contributed by atoms with Crippen molar-refractivity contribution in [2.24, 2.45) is 0 Å². The third kappa shape index (κ3) is 2.46. The number of aromatic amines is 1. The number of hydrogen-bond donors (Lipinski definition) is 1. The van der Waals surface area contributed by atoms with Gasteiger partial charge in [0.15, 0.2) is 0 Å². The Balaban J connectivity index is 1.75. The van der Waals surface area contributed by atoms with Crippen LogP contribution in [0.4, 0.5) is 8.78 Å². The third-order valence-corrected chi connectivity index (χ3v) is 4.14. The van der Waals surface area contributed by atoms with Gasteiger partial charge in [0.25, 0.3) is 6.43 Å². The van der Waals surface area contributed by atoms with E-state index < -0.39 is 6.43 Å². The number of rotatable bonds is 3. The first kappa shape index (κ1) is 13.9. The van der Waals surface area contributed by atoms with E-state index in [1.54, 1.807) is 12.1 Å². The third-order valence-electron chi connectivity index (χ3n) is 4.14. The summed E-state index contributed by atoms with van der Waals surface area (Å²) < 4.78 is 26.1. The van der Waals surface area contributed by atoms with Gasteiger partial charge in [0, 0.05) is 23.1 Å². The fourth-order valence-corrected chi connectivity index (χ4v) is 3.01. The molecule has 0 amide bonds. The molecule has 23 heavy (non-hydrogen) atoms. The minimum Gasteiger partial charge on any atom is -0.281 e. The van der Waals surface area contributed by atoms with E-state index in [2.05, 4.69) is 10.2 Å². The highest BCUT2D eigenvalue weighted by molar-refractivity contribution is 5.87. The molecule has 0 saturated carbocycles. The number of benzene rings is 3. The summed E-state index contributed by atoms with van der Waals surface area (Å²) in [6, 6.07) is 18.6. The Labute approximate surface area is 131 Å². The lowest BCUT2D eigenvalue weighted by Crippen LogP contribution is -1.92. The minimum atomic E-state index is -2.46. The molecule has 0 aliphatic heterocycles. The van der Waals surface area contributed by atoms with Crippen LogP contribution < -0.4 is 0 Å². The SMILES string of the molecule is FC(F)c1cccc2cc(Cc3[nH]nc4ccccc34)ccc12. The number of nitrogens with zero attached hydrogens (tertiary/aromatic N) is 1. The summed E-state index contributed by atoms with van der Waals surface area (Å²) in [7, 11) is 0. The Kier molecular flexibility index (Phi) is 3.30. The van der Waals surface area contributed by atoms with Crippen LogP contribution in [0.5, 0.6) is 0 Å². The Morgan fingerprint density at radius 1 is 0.913 bits per heavy atom. The lowest BCUT2D eigenvalue weighted by molar-refractivity contribution is 0.153. The second-order valence-electron chi connectivity index (χ2n) is 5.60. The number of hydrogen-bond acceptors (Lipinski definition) is 1. The van der Waals surface area contributed by atoms with Crippen LogP contribution in [0.1, 0.15) is 23.2 Å². The van der Waals surface area contributed by atoms with Crippen LogP contribution in [-0.2, 0) is 6.42 Å². The predicted octanol–water partition coefficient (Wildman–Crippen LogP) is 5.24. The molecule has 114 valence electrons. The zero-order valence-corrected chi connectivity index (χ0v) is 12.3. The zero-order valence-electron chi connectivity index (χ0n) is 12.3. The number of aromatic nitrogens is 2. The molecular weight excluding hydrogens is 294 g/mol. The summed E-state index contributed by atoms with van der Waals surface area (Å²) in [6.45, 7) is 0. The molecule has 0 saturated heterocycles. The number of fused-ring (bicyclic) bond motifs is 2. The van der Waals surface area contributed by atoms with Gasteiger partial charge in [0.05, 0.1) is 5.52 Å². The van der Waals surface area contributed by atoms with Gasteiger partial charge in [0.1, 0.15) is 0 Å². The average molecular weight is 308 g/mol. The van der Waals surface area contributed by atoms with Crippen molar-refractivity contribution in [1.82, 2.24) is 10.2 Å². The molecular formula is C19H14F2N2. The van der Waals surface area contributed by atoms with E-state index >= 15 is 0 Å². The largest absolute Gasteiger partial charge is 0.281 e. The molecule has 4 heteroatoms. The van der Waals surface area contributed by atoms with Crippen molar-refractivity contribution in [2.45, 2.75) is 12.8 Å². The molecule has 0 aliphatic carbocycles. The van der Waals surface area contributed by atoms with Gasteiger partial charge in [-0.2, -0.15) is 5.10 Å². The summed E-state index contributed by atoms with van der Waals surface area (Å²) in [6.07, 6.45) is -1.77. The second-order valence-corrected chi connectivity index (χ2v) is 5.60. The second kappa shape index (κ2) is 5.47. The number of para-hydroxylation sites is 1. The van der Waals surface area contributed by atoms with Crippen LogP contribution in [0.3, 0.4) is 0 Å². The highest BCUT2D eigenvalue weighted by atomic mass is 19.3. The van der Waals surface area contributed by atoms with Crippen LogP contribution in [0.15, 0.2) is 60.7 Å². The van der Waals surface area contributed by atoms with Crippen molar-refractivity contribution >= 4 is 21.7 Å². The van der Waals surface area contributed by atoms with Gasteiger partial charge in [-0.1, -0.05) is 54.6 Å². The van der Waals surface area contributed by atoms with Crippen molar-refractivity contribution in [2.75, 3.05) is 0 Å². The number of alkyl halides is 2.